The number of amides is 1. The fourth-order valence-corrected chi connectivity index (χ4v) is 4.78. The monoisotopic (exact) mass is 624 g/mol. The number of halogens is 10. The fourth-order valence-electron chi connectivity index (χ4n) is 3.82. The minimum atomic E-state index is -10.1. The summed E-state index contributed by atoms with van der Waals surface area (Å²) >= 11 is 5.65. The molecule has 1 atom stereocenters. The first kappa shape index (κ1) is 29.6. The van der Waals surface area contributed by atoms with E-state index >= 15 is 4.39 Å². The Bertz CT molecular complexity index is 1570. The molecule has 2 heterocycles. The molecule has 0 unspecified atom stereocenters. The van der Waals surface area contributed by atoms with Crippen molar-refractivity contribution in [1.29, 1.82) is 0 Å². The van der Waals surface area contributed by atoms with Gasteiger partial charge in [-0.05, 0) is 44.0 Å². The van der Waals surface area contributed by atoms with Crippen LogP contribution in [0.25, 0.3) is 5.69 Å². The lowest BCUT2D eigenvalue weighted by Gasteiger charge is -2.40. The van der Waals surface area contributed by atoms with E-state index in [0.717, 1.165) is 0 Å². The molecule has 0 spiro atoms. The highest BCUT2D eigenvalue weighted by molar-refractivity contribution is 8.45. The molecule has 0 saturated carbocycles. The lowest BCUT2D eigenvalue weighted by molar-refractivity contribution is -0.189. The average Bonchev–Trinajstić information content (AvgIpc) is 3.15. The van der Waals surface area contributed by atoms with Crippen molar-refractivity contribution >= 4 is 33.4 Å². The van der Waals surface area contributed by atoms with Gasteiger partial charge in [0.25, 0.3) is 5.91 Å². The van der Waals surface area contributed by atoms with Crippen LogP contribution in [0.4, 0.5) is 42.7 Å². The average molecular weight is 625 g/mol. The number of carbonyl (C=O) groups is 1. The Balaban J connectivity index is 1.76. The van der Waals surface area contributed by atoms with Crippen molar-refractivity contribution in [3.8, 4) is 11.4 Å². The first-order chi connectivity index (χ1) is 18.2. The molecule has 0 aliphatic carbocycles. The van der Waals surface area contributed by atoms with Crippen molar-refractivity contribution in [3.05, 3.63) is 63.0 Å². The van der Waals surface area contributed by atoms with Gasteiger partial charge < -0.3 is 10.1 Å². The van der Waals surface area contributed by atoms with Gasteiger partial charge in [-0.15, -0.1) is 5.10 Å². The highest BCUT2D eigenvalue weighted by Gasteiger charge is 2.65. The molecule has 0 saturated heterocycles. The maximum absolute atomic E-state index is 15.2. The number of nitrogens with one attached hydrogen (secondary N) is 1. The largest absolute Gasteiger partial charge is 0.480 e. The van der Waals surface area contributed by atoms with Crippen LogP contribution in [0.2, 0.25) is 5.02 Å². The van der Waals surface area contributed by atoms with E-state index in [4.69, 9.17) is 16.3 Å². The van der Waals surface area contributed by atoms with Crippen LogP contribution < -0.4 is 15.7 Å². The number of benzene rings is 2. The van der Waals surface area contributed by atoms with Crippen LogP contribution in [0.1, 0.15) is 35.9 Å². The Morgan fingerprint density at radius 3 is 2.38 bits per heavy atom. The zero-order valence-corrected chi connectivity index (χ0v) is 21.6. The Morgan fingerprint density at radius 1 is 1.12 bits per heavy atom. The summed E-state index contributed by atoms with van der Waals surface area (Å²) < 4.78 is 127. The number of rotatable bonds is 6. The van der Waals surface area contributed by atoms with Gasteiger partial charge in [0.05, 0.1) is 16.3 Å². The molecule has 1 aliphatic heterocycles. The van der Waals surface area contributed by atoms with E-state index in [2.05, 4.69) is 5.10 Å². The second-order valence-electron chi connectivity index (χ2n) is 8.89. The minimum Gasteiger partial charge on any atom is -0.480 e. The van der Waals surface area contributed by atoms with E-state index in [1.807, 2.05) is 5.32 Å². The van der Waals surface area contributed by atoms with E-state index in [1.165, 1.54) is 4.57 Å². The molecule has 2 aromatic carbocycles. The number of hydrogen-bond donors (Lipinski definition) is 1. The van der Waals surface area contributed by atoms with Crippen LogP contribution in [0.3, 0.4) is 0 Å². The molecule has 40 heavy (non-hydrogen) atoms. The van der Waals surface area contributed by atoms with E-state index in [0.29, 0.717) is 54.9 Å². The van der Waals surface area contributed by atoms with Crippen molar-refractivity contribution < 1.29 is 46.5 Å². The second kappa shape index (κ2) is 9.09. The second-order valence-corrected chi connectivity index (χ2v) is 11.7. The van der Waals surface area contributed by atoms with Crippen molar-refractivity contribution in [2.75, 3.05) is 5.32 Å². The van der Waals surface area contributed by atoms with Gasteiger partial charge in [0, 0.05) is 19.0 Å². The van der Waals surface area contributed by atoms with Crippen LogP contribution in [0.15, 0.2) is 40.0 Å². The van der Waals surface area contributed by atoms with Crippen molar-refractivity contribution in [1.82, 2.24) is 14.3 Å². The van der Waals surface area contributed by atoms with E-state index < -0.39 is 72.5 Å². The van der Waals surface area contributed by atoms with Crippen molar-refractivity contribution in [2.45, 2.75) is 49.9 Å². The summed E-state index contributed by atoms with van der Waals surface area (Å²) in [5.74, 6) is -3.24. The number of alkyl halides is 3. The molecule has 1 aromatic heterocycles. The highest BCUT2D eigenvalue weighted by Crippen LogP contribution is 3.02. The Labute approximate surface area is 224 Å². The van der Waals surface area contributed by atoms with Gasteiger partial charge >= 0.3 is 22.1 Å². The molecule has 1 N–H and O–H groups in total. The number of anilines is 1. The molecule has 220 valence electrons. The third kappa shape index (κ3) is 6.04. The van der Waals surface area contributed by atoms with Crippen LogP contribution in [0, 0.1) is 5.82 Å². The molecule has 3 aromatic rings. The molecule has 0 bridgehead atoms. The molecule has 0 fully saturated rings. The lowest BCUT2D eigenvalue weighted by atomic mass is 10.1. The fraction of sp³-hybridized carbons (Fsp3) is 0.318. The van der Waals surface area contributed by atoms with Gasteiger partial charge in [0.2, 0.25) is 0 Å². The van der Waals surface area contributed by atoms with Crippen LogP contribution in [-0.4, -0.2) is 32.5 Å². The van der Waals surface area contributed by atoms with Crippen LogP contribution in [-0.2, 0) is 13.0 Å². The summed E-state index contributed by atoms with van der Waals surface area (Å²) in [7, 11) is -10.1. The zero-order chi connectivity index (χ0) is 29.9. The molecule has 0 radical (unpaired) electrons. The SMILES string of the molecule is C[C@H](Oc1cc(-n2nc3n(c2=O)CCCC3)c(F)cc1C(=O)Nc1ccc(S(F)(F)(F)(F)F)cc1Cl)C(F)(F)F. The summed E-state index contributed by atoms with van der Waals surface area (Å²) in [4.78, 5) is 23.3. The quantitative estimate of drug-likeness (QED) is 0.290. The summed E-state index contributed by atoms with van der Waals surface area (Å²) in [5.41, 5.74) is -2.93. The number of aromatic nitrogens is 3. The molecular formula is C22H18ClF9N4O3S. The number of nitrogens with zero attached hydrogens (tertiary/aromatic N) is 3. The third-order valence-corrected chi connectivity index (χ3v) is 7.35. The number of aryl methyl sites for hydroxylation is 1. The topological polar surface area (TPSA) is 78.2 Å². The predicted octanol–water partition coefficient (Wildman–Crippen LogP) is 7.40. The number of hydrogen-bond acceptors (Lipinski definition) is 4. The maximum Gasteiger partial charge on any atom is 0.425 e. The van der Waals surface area contributed by atoms with Gasteiger partial charge in [0.15, 0.2) is 6.10 Å². The van der Waals surface area contributed by atoms with Gasteiger partial charge in [-0.25, -0.2) is 9.18 Å². The molecule has 1 aliphatic rings. The summed E-state index contributed by atoms with van der Waals surface area (Å²) in [6.45, 7) is 0.869. The normalized spacial score (nSPS) is 16.5. The van der Waals surface area contributed by atoms with Crippen molar-refractivity contribution in [2.24, 2.45) is 0 Å². The zero-order valence-electron chi connectivity index (χ0n) is 20.0. The summed E-state index contributed by atoms with van der Waals surface area (Å²) in [6.07, 6.45) is -5.76. The van der Waals surface area contributed by atoms with Gasteiger partial charge in [0.1, 0.15) is 28.0 Å². The third-order valence-electron chi connectivity index (χ3n) is 5.89. The Morgan fingerprint density at radius 2 is 1.80 bits per heavy atom. The molecule has 1 amide bonds. The molecule has 7 nitrogen and oxygen atoms in total. The Kier molecular flexibility index (Phi) is 6.73. The number of fused-ring (bicyclic) bond motifs is 1. The summed E-state index contributed by atoms with van der Waals surface area (Å²) in [6, 6.07) is 1.28. The Hall–Kier alpha value is -3.34. The standard InChI is InChI=1S/C22H18ClF9N4O3S/c1-11(22(25,26)27)39-18-10-17(36-21(38)35-7-3-2-4-19(35)34-36)15(24)9-13(18)20(37)33-16-6-5-12(8-14(16)23)40(28,29,30,31)32/h5-6,8-11H,2-4,7H2,1H3,(H,33,37)/t11-/m0/s1. The molecular weight excluding hydrogens is 607 g/mol. The van der Waals surface area contributed by atoms with Gasteiger partial charge in [-0.3, -0.25) is 9.36 Å². The van der Waals surface area contributed by atoms with Gasteiger partial charge in [-0.2, -0.15) is 17.9 Å². The van der Waals surface area contributed by atoms with E-state index in [1.54, 1.807) is 0 Å². The van der Waals surface area contributed by atoms with Gasteiger partial charge in [-0.1, -0.05) is 31.0 Å². The van der Waals surface area contributed by atoms with Crippen molar-refractivity contribution in [3.63, 3.8) is 0 Å². The molecule has 18 heteroatoms. The number of ether oxygens (including phenoxy) is 1. The van der Waals surface area contributed by atoms with Crippen LogP contribution >= 0.6 is 21.8 Å². The van der Waals surface area contributed by atoms with E-state index in [-0.39, 0.29) is 18.7 Å². The summed E-state index contributed by atoms with van der Waals surface area (Å²) in [5, 5.41) is 4.97. The first-order valence-corrected chi connectivity index (χ1v) is 13.6. The van der Waals surface area contributed by atoms with E-state index in [9.17, 15) is 42.2 Å². The lowest BCUT2D eigenvalue weighted by Crippen LogP contribution is -2.32. The predicted molar refractivity (Wildman–Crippen MR) is 128 cm³/mol. The number of carbonyl (C=O) groups excluding carboxylic acids is 1. The maximum atomic E-state index is 15.2. The highest BCUT2D eigenvalue weighted by atomic mass is 35.5. The smallest absolute Gasteiger partial charge is 0.425 e. The molecule has 4 rings (SSSR count). The van der Waals surface area contributed by atoms with Crippen LogP contribution in [0.5, 0.6) is 5.75 Å². The first-order valence-electron chi connectivity index (χ1n) is 11.3. The minimum absolute atomic E-state index is 0.0528.